The maximum Gasteiger partial charge on any atom is 0.431 e. The molecule has 2 heterocycles. The quantitative estimate of drug-likeness (QED) is 0.0137. The van der Waals surface area contributed by atoms with E-state index in [9.17, 15) is 43.2 Å². The summed E-state index contributed by atoms with van der Waals surface area (Å²) in [5, 5.41) is 5.30. The molecule has 0 aromatic heterocycles. The van der Waals surface area contributed by atoms with Crippen LogP contribution in [0.15, 0.2) is 79.4 Å². The van der Waals surface area contributed by atoms with Gasteiger partial charge in [-0.05, 0) is 80.2 Å². The number of hydroxylamine groups is 1. The van der Waals surface area contributed by atoms with Crippen LogP contribution in [0.25, 0.3) is 0 Å². The zero-order chi connectivity index (χ0) is 69.5. The van der Waals surface area contributed by atoms with Crippen molar-refractivity contribution in [1.29, 1.82) is 0 Å². The standard InChI is InChI=1S/C65H88N4O24Si/c1-16-23-83-53(73)32-43-18-17-19-44(30-43)36-84-52-34-49(47(33-51(52)79-12)59(75)69-35-39(2)29-46(69)38-87-94(14,15)65(9,10)11)67-62(77)85-37-45-20-21-50(48(31-45)58(74)66-22-24-81-25-26-82-27-28-86-68-63(78)93-64(6,7)8)91-61-57(90-42(5)72)55(89-41(4)71)54(88-40(3)70)56(92-61)60(76)80-13/h16-21,30-31,33-34,46,54-57,61H,1-2,22-29,32,35-38H2,3-15H3,(H,66,74)(H,67,77)(H,68,78)/t46-,54-,55-,56-,57+,61+/m0/s1. The minimum atomic E-state index is -2.28. The van der Waals surface area contributed by atoms with Crippen LogP contribution in [0.5, 0.6) is 17.2 Å². The molecule has 0 saturated carbocycles. The number of amides is 4. The number of benzene rings is 3. The smallest absolute Gasteiger partial charge is 0.431 e. The molecule has 3 N–H and O–H groups in total. The Kier molecular flexibility index (Phi) is 28.8. The Bertz CT molecular complexity index is 3180. The van der Waals surface area contributed by atoms with Crippen LogP contribution in [0, 0.1) is 0 Å². The van der Waals surface area contributed by atoms with Gasteiger partial charge in [-0.25, -0.2) is 14.4 Å². The molecule has 28 nitrogen and oxygen atoms in total. The van der Waals surface area contributed by atoms with Gasteiger partial charge in [-0.3, -0.25) is 38.9 Å². The van der Waals surface area contributed by atoms with E-state index in [0.29, 0.717) is 17.5 Å². The van der Waals surface area contributed by atoms with E-state index >= 15 is 0 Å². The Morgan fingerprint density at radius 3 is 2.02 bits per heavy atom. The Morgan fingerprint density at radius 1 is 0.723 bits per heavy atom. The lowest BCUT2D eigenvalue weighted by molar-refractivity contribution is -0.282. The molecule has 0 bridgehead atoms. The summed E-state index contributed by atoms with van der Waals surface area (Å²) >= 11 is 0. The lowest BCUT2D eigenvalue weighted by Gasteiger charge is -2.43. The van der Waals surface area contributed by atoms with Crippen molar-refractivity contribution in [2.75, 3.05) is 78.9 Å². The fraction of sp³-hybridized carbons (Fsp3) is 0.523. The van der Waals surface area contributed by atoms with E-state index in [1.165, 1.54) is 43.5 Å². The number of nitrogens with one attached hydrogen (secondary N) is 3. The topological polar surface area (TPSA) is 331 Å². The number of hydrogen-bond acceptors (Lipinski definition) is 24. The van der Waals surface area contributed by atoms with Gasteiger partial charge in [0, 0.05) is 39.9 Å². The number of carbonyl (C=O) groups excluding carboxylic acids is 9. The third-order valence-electron chi connectivity index (χ3n) is 14.5. The molecule has 3 aromatic carbocycles. The number of hydrogen-bond donors (Lipinski definition) is 3. The number of carbonyl (C=O) groups is 9. The summed E-state index contributed by atoms with van der Waals surface area (Å²) in [7, 11) is 0.132. The maximum absolute atomic E-state index is 15.0. The third-order valence-corrected chi connectivity index (χ3v) is 19.0. The Balaban J connectivity index is 1.45. The van der Waals surface area contributed by atoms with Crippen molar-refractivity contribution in [3.8, 4) is 17.2 Å². The molecule has 0 spiro atoms. The van der Waals surface area contributed by atoms with E-state index in [0.717, 1.165) is 33.5 Å². The largest absolute Gasteiger partial charge is 0.493 e. The molecule has 5 rings (SSSR count). The van der Waals surface area contributed by atoms with Crippen LogP contribution in [0.3, 0.4) is 0 Å². The summed E-state index contributed by atoms with van der Waals surface area (Å²) in [5.74, 6) is -5.66. The molecular weight excluding hydrogens is 1250 g/mol. The summed E-state index contributed by atoms with van der Waals surface area (Å²) in [6.07, 6.45) is -8.81. The molecule has 2 aliphatic heterocycles. The van der Waals surface area contributed by atoms with E-state index in [-0.39, 0.29) is 117 Å². The lowest BCUT2D eigenvalue weighted by Crippen LogP contribution is -2.64. The summed E-state index contributed by atoms with van der Waals surface area (Å²) in [4.78, 5) is 125. The van der Waals surface area contributed by atoms with Crippen LogP contribution in [-0.2, 0) is 100 Å². The van der Waals surface area contributed by atoms with Crippen LogP contribution in [0.2, 0.25) is 18.1 Å². The van der Waals surface area contributed by atoms with E-state index in [4.69, 9.17) is 70.8 Å². The molecule has 2 saturated heterocycles. The number of methoxy groups -OCH3 is 2. The molecular formula is C65H88N4O24Si. The predicted octanol–water partition coefficient (Wildman–Crippen LogP) is 7.38. The monoisotopic (exact) mass is 1340 g/mol. The first kappa shape index (κ1) is 76.1. The molecule has 3 aromatic rings. The SMILES string of the molecule is C=CCOC(=O)Cc1cccc(COc2cc(NC(=O)OCc3ccc(O[C@@H]4O[C@H](C(=O)OC)[C@@H](OC(C)=O)[C@H](OC(C)=O)[C@H]4OC(C)=O)c(C(=O)NCCOCCOCCONC(=O)OC(C)(C)C)c3)c(C(=O)N3CC(=C)C[C@H]3CO[Si](C)(C)C(C)(C)C)cc2OC)c1. The van der Waals surface area contributed by atoms with Gasteiger partial charge in [-0.1, -0.05) is 75.9 Å². The van der Waals surface area contributed by atoms with Crippen LogP contribution < -0.4 is 30.3 Å². The van der Waals surface area contributed by atoms with Gasteiger partial charge in [0.25, 0.3) is 11.8 Å². The predicted molar refractivity (Wildman–Crippen MR) is 338 cm³/mol. The molecule has 6 atom stereocenters. The van der Waals surface area contributed by atoms with Gasteiger partial charge in [0.15, 0.2) is 38.1 Å². The highest BCUT2D eigenvalue weighted by Crippen LogP contribution is 2.40. The van der Waals surface area contributed by atoms with Gasteiger partial charge >= 0.3 is 42.0 Å². The molecule has 4 amide bonds. The molecule has 2 fully saturated rings. The first-order chi connectivity index (χ1) is 44.3. The van der Waals surface area contributed by atoms with Gasteiger partial charge in [-0.15, -0.1) is 0 Å². The Morgan fingerprint density at radius 2 is 1.37 bits per heavy atom. The van der Waals surface area contributed by atoms with Crippen molar-refractivity contribution in [1.82, 2.24) is 15.7 Å². The highest BCUT2D eigenvalue weighted by Gasteiger charge is 2.56. The van der Waals surface area contributed by atoms with Crippen molar-refractivity contribution in [2.24, 2.45) is 0 Å². The molecule has 0 unspecified atom stereocenters. The van der Waals surface area contributed by atoms with Crippen molar-refractivity contribution in [2.45, 2.75) is 149 Å². The van der Waals surface area contributed by atoms with Crippen molar-refractivity contribution in [3.05, 3.63) is 107 Å². The highest BCUT2D eigenvalue weighted by molar-refractivity contribution is 6.74. The number of esters is 5. The fourth-order valence-electron chi connectivity index (χ4n) is 9.12. The van der Waals surface area contributed by atoms with Gasteiger partial charge in [0.2, 0.25) is 12.4 Å². The second kappa shape index (κ2) is 35.6. The van der Waals surface area contributed by atoms with Crippen LogP contribution in [0.1, 0.15) is 106 Å². The van der Waals surface area contributed by atoms with Crippen molar-refractivity contribution in [3.63, 3.8) is 0 Å². The second-order valence-electron chi connectivity index (χ2n) is 24.2. The van der Waals surface area contributed by atoms with Crippen molar-refractivity contribution >= 4 is 67.9 Å². The number of likely N-dealkylation sites (tertiary alicyclic amines) is 1. The summed E-state index contributed by atoms with van der Waals surface area (Å²) in [5.41, 5.74) is 3.49. The summed E-state index contributed by atoms with van der Waals surface area (Å²) < 4.78 is 79.5. The van der Waals surface area contributed by atoms with Crippen LogP contribution >= 0.6 is 0 Å². The molecule has 0 radical (unpaired) electrons. The van der Waals surface area contributed by atoms with E-state index in [1.807, 2.05) is 0 Å². The second-order valence-corrected chi connectivity index (χ2v) is 29.0. The highest BCUT2D eigenvalue weighted by atomic mass is 28.4. The van der Waals surface area contributed by atoms with Gasteiger partial charge in [0.05, 0.1) is 83.1 Å². The molecule has 516 valence electrons. The number of nitrogens with zero attached hydrogens (tertiary/aromatic N) is 1. The normalized spacial score (nSPS) is 17.9. The van der Waals surface area contributed by atoms with Gasteiger partial charge in [0.1, 0.15) is 31.2 Å². The van der Waals surface area contributed by atoms with Gasteiger partial charge < -0.3 is 76.2 Å². The number of anilines is 1. The zero-order valence-corrected chi connectivity index (χ0v) is 56.6. The molecule has 2 aliphatic rings. The van der Waals surface area contributed by atoms with Gasteiger partial charge in [-0.2, -0.15) is 5.48 Å². The fourth-order valence-corrected chi connectivity index (χ4v) is 10.2. The van der Waals surface area contributed by atoms with Crippen LogP contribution in [-0.4, -0.2) is 183 Å². The van der Waals surface area contributed by atoms with Crippen molar-refractivity contribution < 1.29 is 114 Å². The van der Waals surface area contributed by atoms with Crippen LogP contribution in [0.4, 0.5) is 15.3 Å². The average Bonchev–Trinajstić information content (AvgIpc) is 0.946. The van der Waals surface area contributed by atoms with E-state index in [2.05, 4.69) is 63.1 Å². The Labute approximate surface area is 547 Å². The average molecular weight is 1340 g/mol. The molecule has 0 aliphatic carbocycles. The van der Waals surface area contributed by atoms with E-state index < -0.39 is 111 Å². The first-order valence-electron chi connectivity index (χ1n) is 30.2. The zero-order valence-electron chi connectivity index (χ0n) is 55.6. The summed E-state index contributed by atoms with van der Waals surface area (Å²) in [6.45, 7) is 26.7. The first-order valence-corrected chi connectivity index (χ1v) is 33.1. The number of rotatable bonds is 32. The third kappa shape index (κ3) is 23.7. The summed E-state index contributed by atoms with van der Waals surface area (Å²) in [6, 6.07) is 13.5. The van der Waals surface area contributed by atoms with E-state index in [1.54, 1.807) is 49.9 Å². The molecule has 29 heteroatoms. The number of ether oxygens (including phenoxy) is 13. The lowest BCUT2D eigenvalue weighted by atomic mass is 9.97. The minimum Gasteiger partial charge on any atom is -0.493 e. The molecule has 94 heavy (non-hydrogen) atoms. The Hall–Kier alpha value is -8.61. The maximum atomic E-state index is 15.0. The minimum absolute atomic E-state index is 0.00557.